The van der Waals surface area contributed by atoms with E-state index in [1.807, 2.05) is 37.3 Å². The first-order chi connectivity index (χ1) is 12.6. The number of halogens is 2. The molecule has 7 heteroatoms. The van der Waals surface area contributed by atoms with E-state index in [1.165, 1.54) is 13.2 Å². The zero-order valence-corrected chi connectivity index (χ0v) is 17.8. The van der Waals surface area contributed by atoms with Crippen LogP contribution in [0.25, 0.3) is 11.0 Å². The van der Waals surface area contributed by atoms with Gasteiger partial charge in [0.25, 0.3) is 0 Å². The molecular weight excluding hydrogens is 460 g/mol. The van der Waals surface area contributed by atoms with Gasteiger partial charge in [-0.15, -0.1) is 24.0 Å². The first kappa shape index (κ1) is 21.0. The monoisotopic (exact) mass is 483 g/mol. The van der Waals surface area contributed by atoms with E-state index in [1.54, 1.807) is 13.1 Å². The molecule has 0 atom stereocenters. The largest absolute Gasteiger partial charge is 0.494 e. The van der Waals surface area contributed by atoms with Crippen LogP contribution in [0.2, 0.25) is 0 Å². The second kappa shape index (κ2) is 9.59. The van der Waals surface area contributed by atoms with Crippen molar-refractivity contribution in [1.82, 2.24) is 10.6 Å². The van der Waals surface area contributed by atoms with Gasteiger partial charge in [0.05, 0.1) is 13.7 Å². The van der Waals surface area contributed by atoms with Gasteiger partial charge in [0, 0.05) is 24.5 Å². The van der Waals surface area contributed by atoms with Gasteiger partial charge in [-0.25, -0.2) is 4.39 Å². The number of methoxy groups -OCH3 is 1. The molecule has 0 bridgehead atoms. The van der Waals surface area contributed by atoms with Gasteiger partial charge in [-0.1, -0.05) is 24.3 Å². The van der Waals surface area contributed by atoms with Crippen LogP contribution in [0.15, 0.2) is 51.9 Å². The number of nitrogens with zero attached hydrogens (tertiary/aromatic N) is 1. The fourth-order valence-electron chi connectivity index (χ4n) is 2.78. The van der Waals surface area contributed by atoms with E-state index in [0.29, 0.717) is 19.0 Å². The van der Waals surface area contributed by atoms with Crippen molar-refractivity contribution >= 4 is 40.9 Å². The Bertz CT molecular complexity index is 940. The van der Waals surface area contributed by atoms with Crippen LogP contribution in [0.3, 0.4) is 0 Å². The molecule has 1 heterocycles. The first-order valence-electron chi connectivity index (χ1n) is 8.36. The van der Waals surface area contributed by atoms with Crippen molar-refractivity contribution < 1.29 is 13.5 Å². The van der Waals surface area contributed by atoms with Crippen LogP contribution in [0.1, 0.15) is 16.9 Å². The Morgan fingerprint density at radius 1 is 1.15 bits per heavy atom. The van der Waals surface area contributed by atoms with Gasteiger partial charge in [0.1, 0.15) is 11.3 Å². The van der Waals surface area contributed by atoms with E-state index < -0.39 is 0 Å². The van der Waals surface area contributed by atoms with Crippen LogP contribution in [-0.4, -0.2) is 20.1 Å². The van der Waals surface area contributed by atoms with E-state index in [-0.39, 0.29) is 35.5 Å². The van der Waals surface area contributed by atoms with E-state index in [4.69, 9.17) is 9.15 Å². The second-order valence-electron chi connectivity index (χ2n) is 5.89. The molecule has 27 heavy (non-hydrogen) atoms. The lowest BCUT2D eigenvalue weighted by molar-refractivity contribution is 0.386. The molecule has 1 aromatic heterocycles. The second-order valence-corrected chi connectivity index (χ2v) is 5.89. The van der Waals surface area contributed by atoms with Gasteiger partial charge >= 0.3 is 0 Å². The molecule has 0 spiro atoms. The van der Waals surface area contributed by atoms with E-state index in [0.717, 1.165) is 27.9 Å². The Morgan fingerprint density at radius 2 is 1.89 bits per heavy atom. The Labute approximate surface area is 175 Å². The number of hydrogen-bond donors (Lipinski definition) is 2. The smallest absolute Gasteiger partial charge is 0.191 e. The third kappa shape index (κ3) is 4.91. The summed E-state index contributed by atoms with van der Waals surface area (Å²) >= 11 is 0. The lowest BCUT2D eigenvalue weighted by Crippen LogP contribution is -2.36. The normalized spacial score (nSPS) is 11.2. The van der Waals surface area contributed by atoms with Crippen molar-refractivity contribution in [3.63, 3.8) is 0 Å². The van der Waals surface area contributed by atoms with Crippen molar-refractivity contribution in [2.75, 3.05) is 14.2 Å². The number of fused-ring (bicyclic) bond motifs is 1. The number of furan rings is 1. The van der Waals surface area contributed by atoms with E-state index >= 15 is 0 Å². The van der Waals surface area contributed by atoms with Gasteiger partial charge in [-0.05, 0) is 30.7 Å². The summed E-state index contributed by atoms with van der Waals surface area (Å²) in [7, 11) is 3.14. The predicted octanol–water partition coefficient (Wildman–Crippen LogP) is 4.37. The summed E-state index contributed by atoms with van der Waals surface area (Å²) in [4.78, 5) is 4.19. The van der Waals surface area contributed by atoms with Gasteiger partial charge in [-0.2, -0.15) is 0 Å². The highest BCUT2D eigenvalue weighted by molar-refractivity contribution is 14.0. The summed E-state index contributed by atoms with van der Waals surface area (Å²) in [5.74, 6) is 1.33. The standard InChI is InChI=1S/C20H22FN3O2.HI/c1-13-15-6-4-5-7-17(15)26-19(13)12-24-20(22-2)23-11-14-8-9-18(25-3)16(21)10-14;/h4-10H,11-12H2,1-3H3,(H2,22,23,24);1H. The topological polar surface area (TPSA) is 58.8 Å². The van der Waals surface area contributed by atoms with E-state index in [9.17, 15) is 4.39 Å². The summed E-state index contributed by atoms with van der Waals surface area (Å²) in [5, 5.41) is 7.50. The summed E-state index contributed by atoms with van der Waals surface area (Å²) in [5.41, 5.74) is 2.78. The maximum absolute atomic E-state index is 13.8. The maximum Gasteiger partial charge on any atom is 0.191 e. The SMILES string of the molecule is CN=C(NCc1ccc(OC)c(F)c1)NCc1oc2ccccc2c1C.I. The molecule has 0 aliphatic carbocycles. The third-order valence-corrected chi connectivity index (χ3v) is 4.26. The van der Waals surface area contributed by atoms with Crippen LogP contribution in [-0.2, 0) is 13.1 Å². The van der Waals surface area contributed by atoms with Crippen LogP contribution < -0.4 is 15.4 Å². The van der Waals surface area contributed by atoms with Gasteiger partial charge in [0.15, 0.2) is 17.5 Å². The Kier molecular flexibility index (Phi) is 7.46. The molecule has 144 valence electrons. The van der Waals surface area contributed by atoms with Crippen molar-refractivity contribution in [3.8, 4) is 5.75 Å². The van der Waals surface area contributed by atoms with Crippen LogP contribution in [0.5, 0.6) is 5.75 Å². The van der Waals surface area contributed by atoms with Crippen molar-refractivity contribution in [2.24, 2.45) is 4.99 Å². The molecule has 2 aromatic carbocycles. The quantitative estimate of drug-likeness (QED) is 0.322. The number of guanidine groups is 1. The summed E-state index contributed by atoms with van der Waals surface area (Å²) in [6, 6.07) is 12.8. The number of nitrogens with one attached hydrogen (secondary N) is 2. The first-order valence-corrected chi connectivity index (χ1v) is 8.36. The zero-order chi connectivity index (χ0) is 18.5. The highest BCUT2D eigenvalue weighted by Gasteiger charge is 2.10. The van der Waals surface area contributed by atoms with Crippen molar-refractivity contribution in [3.05, 3.63) is 65.2 Å². The van der Waals surface area contributed by atoms with E-state index in [2.05, 4.69) is 15.6 Å². The average Bonchev–Trinajstić information content (AvgIpc) is 2.98. The summed E-state index contributed by atoms with van der Waals surface area (Å²) < 4.78 is 24.6. The minimum atomic E-state index is -0.382. The molecule has 5 nitrogen and oxygen atoms in total. The molecule has 0 amide bonds. The van der Waals surface area contributed by atoms with Gasteiger partial charge in [-0.3, -0.25) is 4.99 Å². The number of para-hydroxylation sites is 1. The van der Waals surface area contributed by atoms with Crippen LogP contribution >= 0.6 is 24.0 Å². The average molecular weight is 483 g/mol. The molecule has 0 saturated carbocycles. The van der Waals surface area contributed by atoms with Crippen molar-refractivity contribution in [1.29, 1.82) is 0 Å². The van der Waals surface area contributed by atoms with Gasteiger partial charge < -0.3 is 19.8 Å². The molecule has 0 unspecified atom stereocenters. The molecule has 0 fully saturated rings. The Morgan fingerprint density at radius 3 is 2.56 bits per heavy atom. The zero-order valence-electron chi connectivity index (χ0n) is 15.5. The highest BCUT2D eigenvalue weighted by atomic mass is 127. The van der Waals surface area contributed by atoms with Crippen LogP contribution in [0.4, 0.5) is 4.39 Å². The molecule has 0 aliphatic heterocycles. The lowest BCUT2D eigenvalue weighted by atomic mass is 10.1. The third-order valence-electron chi connectivity index (χ3n) is 4.26. The molecule has 0 aliphatic rings. The minimum absolute atomic E-state index is 0. The number of aryl methyl sites for hydroxylation is 1. The number of hydrogen-bond acceptors (Lipinski definition) is 3. The Hall–Kier alpha value is -2.29. The fourth-order valence-corrected chi connectivity index (χ4v) is 2.78. The highest BCUT2D eigenvalue weighted by Crippen LogP contribution is 2.24. The maximum atomic E-state index is 13.8. The molecular formula is C20H23FIN3O2. The minimum Gasteiger partial charge on any atom is -0.494 e. The summed E-state index contributed by atoms with van der Waals surface area (Å²) in [6.45, 7) is 3.00. The molecule has 3 aromatic rings. The van der Waals surface area contributed by atoms with Gasteiger partial charge in [0.2, 0.25) is 0 Å². The lowest BCUT2D eigenvalue weighted by Gasteiger charge is -2.12. The predicted molar refractivity (Wildman–Crippen MR) is 116 cm³/mol. The number of benzene rings is 2. The fraction of sp³-hybridized carbons (Fsp3) is 0.250. The van der Waals surface area contributed by atoms with Crippen molar-refractivity contribution in [2.45, 2.75) is 20.0 Å². The summed E-state index contributed by atoms with van der Waals surface area (Å²) in [6.07, 6.45) is 0. The number of rotatable bonds is 5. The van der Waals surface area contributed by atoms with Crippen LogP contribution in [0, 0.1) is 12.7 Å². The molecule has 2 N–H and O–H groups in total. The number of ether oxygens (including phenoxy) is 1. The molecule has 0 saturated heterocycles. The Balaban J connectivity index is 0.00000261. The number of aliphatic imine (C=N–C) groups is 1. The molecule has 3 rings (SSSR count). The molecule has 0 radical (unpaired) electrons.